The van der Waals surface area contributed by atoms with E-state index in [1.54, 1.807) is 0 Å². The van der Waals surface area contributed by atoms with E-state index < -0.39 is 8.32 Å². The van der Waals surface area contributed by atoms with Crippen LogP contribution in [0.15, 0.2) is 0 Å². The van der Waals surface area contributed by atoms with Gasteiger partial charge in [0, 0.05) is 12.5 Å². The molecule has 1 nitrogen and oxygen atoms in total. The monoisotopic (exact) mass is 376 g/mol. The second-order valence-corrected chi connectivity index (χ2v) is 12.7. The smallest absolute Gasteiger partial charge is 0.186 e. The first kappa shape index (κ1) is 24.5. The van der Waals surface area contributed by atoms with E-state index in [-0.39, 0.29) is 0 Å². The van der Waals surface area contributed by atoms with Gasteiger partial charge in [-0.1, -0.05) is 90.4 Å². The lowest BCUT2D eigenvalue weighted by Crippen LogP contribution is -2.30. The molecule has 0 amide bonds. The lowest BCUT2D eigenvalue weighted by Gasteiger charge is -2.22. The molecule has 0 atom stereocenters. The minimum Gasteiger partial charge on any atom is -0.417 e. The second kappa shape index (κ2) is 18.3. The summed E-state index contributed by atoms with van der Waals surface area (Å²) >= 11 is 5.77. The minimum absolute atomic E-state index is 0.776. The lowest BCUT2D eigenvalue weighted by molar-refractivity contribution is 0.293. The van der Waals surface area contributed by atoms with Crippen LogP contribution in [-0.4, -0.2) is 20.8 Å². The fraction of sp³-hybridized carbons (Fsp3) is 1.00. The Bertz CT molecular complexity index is 246. The Morgan fingerprint density at radius 2 is 1.04 bits per heavy atom. The Hall–Kier alpha value is 0.467. The number of unbranched alkanes of at least 4 members (excludes halogenated alkanes) is 13. The maximum atomic E-state index is 6.12. The van der Waals surface area contributed by atoms with Gasteiger partial charge in [-0.05, 0) is 32.0 Å². The third-order valence-electron chi connectivity index (χ3n) is 4.90. The average Bonchev–Trinajstić information content (AvgIpc) is 2.56. The number of hydrogen-bond donors (Lipinski definition) is 0. The van der Waals surface area contributed by atoms with E-state index in [1.165, 1.54) is 95.9 Å². The van der Waals surface area contributed by atoms with E-state index in [1.807, 2.05) is 0 Å². The van der Waals surface area contributed by atoms with Crippen molar-refractivity contribution in [2.45, 2.75) is 122 Å². The molecule has 0 spiro atoms. The maximum Gasteiger partial charge on any atom is 0.186 e. The van der Waals surface area contributed by atoms with Gasteiger partial charge >= 0.3 is 0 Å². The van der Waals surface area contributed by atoms with Crippen LogP contribution < -0.4 is 0 Å². The molecule has 0 N–H and O–H groups in total. The van der Waals surface area contributed by atoms with Crippen molar-refractivity contribution < 1.29 is 4.43 Å². The van der Waals surface area contributed by atoms with Crippen LogP contribution >= 0.6 is 11.6 Å². The van der Waals surface area contributed by atoms with Crippen LogP contribution in [0.25, 0.3) is 0 Å². The number of hydrogen-bond acceptors (Lipinski definition) is 1. The van der Waals surface area contributed by atoms with Gasteiger partial charge in [-0.15, -0.1) is 11.6 Å². The topological polar surface area (TPSA) is 9.23 Å². The molecule has 0 aliphatic heterocycles. The van der Waals surface area contributed by atoms with Crippen LogP contribution in [0.4, 0.5) is 0 Å². The van der Waals surface area contributed by atoms with Gasteiger partial charge in [-0.3, -0.25) is 0 Å². The van der Waals surface area contributed by atoms with Crippen molar-refractivity contribution in [2.75, 3.05) is 12.5 Å². The summed E-state index contributed by atoms with van der Waals surface area (Å²) in [7, 11) is -1.41. The van der Waals surface area contributed by atoms with Crippen molar-refractivity contribution in [3.63, 3.8) is 0 Å². The Labute approximate surface area is 159 Å². The number of rotatable bonds is 19. The van der Waals surface area contributed by atoms with Gasteiger partial charge in [0.25, 0.3) is 0 Å². The van der Waals surface area contributed by atoms with Crippen LogP contribution in [0.1, 0.15) is 103 Å². The van der Waals surface area contributed by atoms with Crippen LogP contribution in [0.3, 0.4) is 0 Å². The lowest BCUT2D eigenvalue weighted by atomic mass is 10.0. The highest BCUT2D eigenvalue weighted by Crippen LogP contribution is 2.16. The summed E-state index contributed by atoms with van der Waals surface area (Å²) < 4.78 is 6.12. The first-order valence-electron chi connectivity index (χ1n) is 10.8. The molecule has 0 unspecified atom stereocenters. The van der Waals surface area contributed by atoms with E-state index >= 15 is 0 Å². The van der Waals surface area contributed by atoms with E-state index in [2.05, 4.69) is 20.0 Å². The molecule has 146 valence electrons. The van der Waals surface area contributed by atoms with Gasteiger partial charge in [0.15, 0.2) is 8.32 Å². The van der Waals surface area contributed by atoms with E-state index in [0.29, 0.717) is 0 Å². The first-order valence-corrected chi connectivity index (χ1v) is 14.5. The highest BCUT2D eigenvalue weighted by molar-refractivity contribution is 6.71. The zero-order valence-electron chi connectivity index (χ0n) is 17.0. The molecule has 0 fully saturated rings. The molecule has 0 aromatic rings. The van der Waals surface area contributed by atoms with Gasteiger partial charge in [0.05, 0.1) is 0 Å². The molecule has 0 saturated heterocycles. The molecule has 24 heavy (non-hydrogen) atoms. The molecule has 0 saturated carbocycles. The van der Waals surface area contributed by atoms with E-state index in [0.717, 1.165) is 18.9 Å². The SMILES string of the molecule is CCCCCCCCCCCCCCCCO[Si](C)(C)CCCCl. The quantitative estimate of drug-likeness (QED) is 0.125. The summed E-state index contributed by atoms with van der Waals surface area (Å²) in [5.74, 6) is 0.776. The third-order valence-corrected chi connectivity index (χ3v) is 7.71. The van der Waals surface area contributed by atoms with Crippen molar-refractivity contribution in [1.29, 1.82) is 0 Å². The van der Waals surface area contributed by atoms with Crippen molar-refractivity contribution in [2.24, 2.45) is 0 Å². The Kier molecular flexibility index (Phi) is 18.6. The Morgan fingerprint density at radius 1 is 0.625 bits per heavy atom. The number of alkyl halides is 1. The fourth-order valence-electron chi connectivity index (χ4n) is 3.21. The Morgan fingerprint density at radius 3 is 1.46 bits per heavy atom. The standard InChI is InChI=1S/C21H45ClOSi/c1-4-5-6-7-8-9-10-11-12-13-14-15-16-17-20-23-24(2,3)21-18-19-22/h4-21H2,1-3H3. The summed E-state index contributed by atoms with van der Waals surface area (Å²) in [6.45, 7) is 7.91. The fourth-order valence-corrected chi connectivity index (χ4v) is 5.44. The molecule has 0 aliphatic carbocycles. The van der Waals surface area contributed by atoms with Gasteiger partial charge in [0.2, 0.25) is 0 Å². The number of halogens is 1. The summed E-state index contributed by atoms with van der Waals surface area (Å²) in [5.41, 5.74) is 0. The normalized spacial score (nSPS) is 12.0. The third kappa shape index (κ3) is 18.8. The predicted molar refractivity (Wildman–Crippen MR) is 114 cm³/mol. The van der Waals surface area contributed by atoms with E-state index in [4.69, 9.17) is 16.0 Å². The Balaban J connectivity index is 3.15. The molecule has 0 heterocycles. The molecular formula is C21H45ClOSi. The minimum atomic E-state index is -1.41. The molecule has 0 aromatic carbocycles. The van der Waals surface area contributed by atoms with Crippen molar-refractivity contribution in [3.8, 4) is 0 Å². The van der Waals surface area contributed by atoms with Gasteiger partial charge in [-0.25, -0.2) is 0 Å². The summed E-state index contributed by atoms with van der Waals surface area (Å²) in [6.07, 6.45) is 20.9. The summed E-state index contributed by atoms with van der Waals surface area (Å²) in [6, 6.07) is 1.20. The zero-order valence-corrected chi connectivity index (χ0v) is 18.8. The largest absolute Gasteiger partial charge is 0.417 e. The van der Waals surface area contributed by atoms with Gasteiger partial charge in [0.1, 0.15) is 0 Å². The van der Waals surface area contributed by atoms with E-state index in [9.17, 15) is 0 Å². The van der Waals surface area contributed by atoms with Gasteiger partial charge < -0.3 is 4.43 Å². The maximum absolute atomic E-state index is 6.12. The highest BCUT2D eigenvalue weighted by Gasteiger charge is 2.20. The molecule has 0 radical (unpaired) electrons. The van der Waals surface area contributed by atoms with Crippen molar-refractivity contribution in [1.82, 2.24) is 0 Å². The molecule has 0 bridgehead atoms. The molecule has 0 aromatic heterocycles. The zero-order chi connectivity index (χ0) is 17.9. The van der Waals surface area contributed by atoms with Crippen LogP contribution in [-0.2, 0) is 4.43 Å². The van der Waals surface area contributed by atoms with Crippen LogP contribution in [0, 0.1) is 0 Å². The van der Waals surface area contributed by atoms with Crippen molar-refractivity contribution >= 4 is 19.9 Å². The summed E-state index contributed by atoms with van der Waals surface area (Å²) in [5, 5.41) is 0. The average molecular weight is 377 g/mol. The molecule has 0 rings (SSSR count). The molecule has 0 aliphatic rings. The second-order valence-electron chi connectivity index (χ2n) is 8.00. The van der Waals surface area contributed by atoms with Crippen molar-refractivity contribution in [3.05, 3.63) is 0 Å². The van der Waals surface area contributed by atoms with Crippen LogP contribution in [0.5, 0.6) is 0 Å². The predicted octanol–water partition coefficient (Wildman–Crippen LogP) is 8.32. The molecule has 3 heteroatoms. The first-order chi connectivity index (χ1) is 11.6. The summed E-state index contributed by atoms with van der Waals surface area (Å²) in [4.78, 5) is 0. The van der Waals surface area contributed by atoms with Crippen LogP contribution in [0.2, 0.25) is 19.1 Å². The molecular weight excluding hydrogens is 332 g/mol. The van der Waals surface area contributed by atoms with Gasteiger partial charge in [-0.2, -0.15) is 0 Å². The highest BCUT2D eigenvalue weighted by atomic mass is 35.5.